The van der Waals surface area contributed by atoms with E-state index in [1.807, 2.05) is 6.07 Å². The van der Waals surface area contributed by atoms with Gasteiger partial charge in [-0.05, 0) is 12.1 Å². The topological polar surface area (TPSA) is 60.5 Å². The number of hydrogen-bond donors (Lipinski definition) is 0. The second-order valence-corrected chi connectivity index (χ2v) is 2.85. The molecule has 0 N–H and O–H groups in total. The third kappa shape index (κ3) is 2.26. The van der Waals surface area contributed by atoms with Crippen molar-refractivity contribution in [3.8, 4) is 12.1 Å². The van der Waals surface area contributed by atoms with Crippen LogP contribution in [0.15, 0.2) is 29.4 Å². The van der Waals surface area contributed by atoms with Gasteiger partial charge < -0.3 is 0 Å². The molecule has 0 spiro atoms. The third-order valence-electron chi connectivity index (χ3n) is 1.05. The average molecular weight is 174 g/mol. The van der Waals surface area contributed by atoms with Gasteiger partial charge in [0.05, 0.1) is 17.2 Å². The minimum absolute atomic E-state index is 0.105. The van der Waals surface area contributed by atoms with Gasteiger partial charge in [-0.25, -0.2) is 4.98 Å². The van der Waals surface area contributed by atoms with E-state index in [1.165, 1.54) is 0 Å². The van der Waals surface area contributed by atoms with Crippen LogP contribution in [0.3, 0.4) is 0 Å². The first-order valence-corrected chi connectivity index (χ1v) is 3.94. The standard InChI is InChI=1S/C8H4N3S/c9-5-7(6-10)12-8-3-1-2-4-11-8/h1-4H. The van der Waals surface area contributed by atoms with E-state index >= 15 is 0 Å². The highest BCUT2D eigenvalue weighted by atomic mass is 32.2. The van der Waals surface area contributed by atoms with Crippen LogP contribution in [0.2, 0.25) is 0 Å². The second-order valence-electron chi connectivity index (χ2n) is 1.82. The van der Waals surface area contributed by atoms with Gasteiger partial charge in [0.25, 0.3) is 0 Å². The van der Waals surface area contributed by atoms with Gasteiger partial charge in [0.15, 0.2) is 0 Å². The zero-order chi connectivity index (χ0) is 8.81. The van der Waals surface area contributed by atoms with Crippen molar-refractivity contribution < 1.29 is 0 Å². The van der Waals surface area contributed by atoms with Crippen LogP contribution in [0, 0.1) is 27.9 Å². The molecule has 0 amide bonds. The Kier molecular flexibility index (Phi) is 3.13. The van der Waals surface area contributed by atoms with Gasteiger partial charge in [0, 0.05) is 6.20 Å². The summed E-state index contributed by atoms with van der Waals surface area (Å²) in [6, 6.07) is 8.89. The van der Waals surface area contributed by atoms with Crippen LogP contribution in [0.5, 0.6) is 0 Å². The van der Waals surface area contributed by atoms with Crippen molar-refractivity contribution in [1.29, 1.82) is 10.5 Å². The molecule has 57 valence electrons. The monoisotopic (exact) mass is 174 g/mol. The lowest BCUT2D eigenvalue weighted by Crippen LogP contribution is -1.84. The molecule has 0 saturated heterocycles. The zero-order valence-corrected chi connectivity index (χ0v) is 6.88. The molecular formula is C8H4N3S. The summed E-state index contributed by atoms with van der Waals surface area (Å²) in [6.07, 6.45) is 1.62. The SMILES string of the molecule is N#C[C](C#N)Sc1ccccn1. The van der Waals surface area contributed by atoms with Crippen LogP contribution >= 0.6 is 11.8 Å². The Bertz CT molecular complexity index is 308. The molecule has 0 saturated carbocycles. The molecule has 1 heterocycles. The number of hydrogen-bond acceptors (Lipinski definition) is 4. The number of rotatable bonds is 2. The van der Waals surface area contributed by atoms with E-state index < -0.39 is 0 Å². The maximum Gasteiger partial charge on any atom is 0.235 e. The van der Waals surface area contributed by atoms with Crippen molar-refractivity contribution in [1.82, 2.24) is 4.98 Å². The van der Waals surface area contributed by atoms with Crippen LogP contribution < -0.4 is 0 Å². The third-order valence-corrected chi connectivity index (χ3v) is 1.88. The van der Waals surface area contributed by atoms with Gasteiger partial charge in [-0.1, -0.05) is 17.8 Å². The summed E-state index contributed by atoms with van der Waals surface area (Å²) in [5.74, 6) is 0. The molecule has 1 aromatic heterocycles. The van der Waals surface area contributed by atoms with E-state index in [2.05, 4.69) is 4.98 Å². The molecule has 0 unspecified atom stereocenters. The highest BCUT2D eigenvalue weighted by Crippen LogP contribution is 2.24. The molecule has 12 heavy (non-hydrogen) atoms. The number of aromatic nitrogens is 1. The fraction of sp³-hybridized carbons (Fsp3) is 0. The second kappa shape index (κ2) is 4.38. The summed E-state index contributed by atoms with van der Waals surface area (Å²) in [4.78, 5) is 3.95. The lowest BCUT2D eigenvalue weighted by atomic mass is 10.5. The lowest BCUT2D eigenvalue weighted by Gasteiger charge is -1.95. The van der Waals surface area contributed by atoms with Crippen LogP contribution in [0.4, 0.5) is 0 Å². The first kappa shape index (κ1) is 8.58. The van der Waals surface area contributed by atoms with Crippen LogP contribution in [0.25, 0.3) is 0 Å². The molecule has 1 radical (unpaired) electrons. The van der Waals surface area contributed by atoms with E-state index in [9.17, 15) is 0 Å². The van der Waals surface area contributed by atoms with Gasteiger partial charge in [0.2, 0.25) is 5.25 Å². The van der Waals surface area contributed by atoms with E-state index in [1.54, 1.807) is 30.5 Å². The minimum atomic E-state index is 0.105. The molecule has 3 nitrogen and oxygen atoms in total. The summed E-state index contributed by atoms with van der Waals surface area (Å²) in [6.45, 7) is 0. The molecule has 0 aromatic carbocycles. The van der Waals surface area contributed by atoms with E-state index in [4.69, 9.17) is 10.5 Å². The molecule has 0 fully saturated rings. The fourth-order valence-electron chi connectivity index (χ4n) is 0.583. The summed E-state index contributed by atoms with van der Waals surface area (Å²) in [7, 11) is 0. The Morgan fingerprint density at radius 3 is 2.58 bits per heavy atom. The van der Waals surface area contributed by atoms with Crippen LogP contribution in [-0.2, 0) is 0 Å². The normalized spacial score (nSPS) is 8.92. The first-order valence-electron chi connectivity index (χ1n) is 3.13. The quantitative estimate of drug-likeness (QED) is 0.641. The lowest BCUT2D eigenvalue weighted by molar-refractivity contribution is 1.14. The van der Waals surface area contributed by atoms with Crippen molar-refractivity contribution in [2.45, 2.75) is 5.03 Å². The molecular weight excluding hydrogens is 170 g/mol. The molecule has 0 aliphatic carbocycles. The van der Waals surface area contributed by atoms with Gasteiger partial charge >= 0.3 is 0 Å². The zero-order valence-electron chi connectivity index (χ0n) is 6.06. The van der Waals surface area contributed by atoms with Gasteiger partial charge in [-0.15, -0.1) is 0 Å². The average Bonchev–Trinajstić information content (AvgIpc) is 2.16. The van der Waals surface area contributed by atoms with Crippen LogP contribution in [0.1, 0.15) is 0 Å². The van der Waals surface area contributed by atoms with Crippen molar-refractivity contribution in [2.75, 3.05) is 0 Å². The molecule has 0 atom stereocenters. The largest absolute Gasteiger partial charge is 0.250 e. The Morgan fingerprint density at radius 1 is 1.33 bits per heavy atom. The molecule has 4 heteroatoms. The predicted molar refractivity (Wildman–Crippen MR) is 44.6 cm³/mol. The molecule has 1 rings (SSSR count). The van der Waals surface area contributed by atoms with Crippen molar-refractivity contribution in [3.05, 3.63) is 29.6 Å². The number of nitriles is 2. The summed E-state index contributed by atoms with van der Waals surface area (Å²) in [5.41, 5.74) is 0. The fourth-order valence-corrected chi connectivity index (χ4v) is 1.14. The number of thioether (sulfide) groups is 1. The Labute approximate surface area is 74.7 Å². The van der Waals surface area contributed by atoms with Crippen LogP contribution in [-0.4, -0.2) is 4.98 Å². The maximum atomic E-state index is 8.43. The summed E-state index contributed by atoms with van der Waals surface area (Å²) in [5, 5.41) is 17.6. The minimum Gasteiger partial charge on any atom is -0.250 e. The predicted octanol–water partition coefficient (Wildman–Crippen LogP) is 1.75. The van der Waals surface area contributed by atoms with E-state index in [0.717, 1.165) is 11.8 Å². The smallest absolute Gasteiger partial charge is 0.235 e. The molecule has 0 aliphatic heterocycles. The molecule has 1 aromatic rings. The van der Waals surface area contributed by atoms with Gasteiger partial charge in [0.1, 0.15) is 0 Å². The highest BCUT2D eigenvalue weighted by Gasteiger charge is 2.08. The van der Waals surface area contributed by atoms with Gasteiger partial charge in [-0.3, -0.25) is 0 Å². The number of nitrogens with zero attached hydrogens (tertiary/aromatic N) is 3. The highest BCUT2D eigenvalue weighted by molar-refractivity contribution is 8.02. The number of pyridine rings is 1. The summed E-state index contributed by atoms with van der Waals surface area (Å²) < 4.78 is 0. The van der Waals surface area contributed by atoms with Crippen molar-refractivity contribution in [2.24, 2.45) is 0 Å². The maximum absolute atomic E-state index is 8.43. The Morgan fingerprint density at radius 2 is 2.08 bits per heavy atom. The Hall–Kier alpha value is -1.52. The van der Waals surface area contributed by atoms with Crippen molar-refractivity contribution >= 4 is 11.8 Å². The Balaban J connectivity index is 2.66. The van der Waals surface area contributed by atoms with Crippen molar-refractivity contribution in [3.63, 3.8) is 0 Å². The van der Waals surface area contributed by atoms with E-state index in [-0.39, 0.29) is 5.25 Å². The molecule has 0 aliphatic rings. The van der Waals surface area contributed by atoms with E-state index in [0.29, 0.717) is 5.03 Å². The van der Waals surface area contributed by atoms with Gasteiger partial charge in [-0.2, -0.15) is 10.5 Å². The summed E-state index contributed by atoms with van der Waals surface area (Å²) >= 11 is 1.07. The first-order chi connectivity index (χ1) is 5.86. The molecule has 0 bridgehead atoms.